The zero-order valence-corrected chi connectivity index (χ0v) is 17.7. The Bertz CT molecular complexity index is 682. The van der Waals surface area contributed by atoms with E-state index >= 15 is 0 Å². The summed E-state index contributed by atoms with van der Waals surface area (Å²) in [6.45, 7) is 2.23. The summed E-state index contributed by atoms with van der Waals surface area (Å²) in [7, 11) is 0. The molecule has 0 bridgehead atoms. The molecular weight excluding hydrogens is 365 g/mol. The molecule has 1 aromatic carbocycles. The lowest BCUT2D eigenvalue weighted by molar-refractivity contribution is -0.140. The molecule has 0 heterocycles. The molecule has 158 valence electrons. The number of rotatable bonds is 11. The van der Waals surface area contributed by atoms with Gasteiger partial charge < -0.3 is 4.74 Å². The van der Waals surface area contributed by atoms with Gasteiger partial charge >= 0.3 is 5.97 Å². The van der Waals surface area contributed by atoms with Crippen molar-refractivity contribution >= 4 is 5.97 Å². The molecule has 1 saturated carbocycles. The Balaban J connectivity index is 1.68. The highest BCUT2D eigenvalue weighted by atomic mass is 19.1. The van der Waals surface area contributed by atoms with Crippen molar-refractivity contribution in [3.05, 3.63) is 41.7 Å². The molecule has 0 aliphatic heterocycles. The van der Waals surface area contributed by atoms with Crippen LogP contribution in [0.3, 0.4) is 0 Å². The molecule has 0 spiro atoms. The van der Waals surface area contributed by atoms with Gasteiger partial charge in [-0.3, -0.25) is 4.79 Å². The predicted molar refractivity (Wildman–Crippen MR) is 114 cm³/mol. The number of ether oxygens (including phenoxy) is 1. The van der Waals surface area contributed by atoms with Crippen LogP contribution < -0.4 is 4.74 Å². The van der Waals surface area contributed by atoms with E-state index in [4.69, 9.17) is 10.00 Å². The van der Waals surface area contributed by atoms with Gasteiger partial charge in [0.15, 0.2) is 5.83 Å². The number of halogens is 1. The lowest BCUT2D eigenvalue weighted by atomic mass is 9.80. The predicted octanol–water partition coefficient (Wildman–Crippen LogP) is 7.07. The van der Waals surface area contributed by atoms with Crippen LogP contribution in [-0.4, -0.2) is 5.97 Å². The van der Waals surface area contributed by atoms with Gasteiger partial charge in [0, 0.05) is 0 Å². The van der Waals surface area contributed by atoms with Crippen molar-refractivity contribution in [1.82, 2.24) is 0 Å². The molecule has 0 N–H and O–H groups in total. The van der Waals surface area contributed by atoms with Crippen LogP contribution in [0.25, 0.3) is 0 Å². The largest absolute Gasteiger partial charge is 0.426 e. The van der Waals surface area contributed by atoms with Crippen molar-refractivity contribution in [2.45, 2.75) is 84.0 Å². The first kappa shape index (κ1) is 23.1. The number of benzene rings is 1. The summed E-state index contributed by atoms with van der Waals surface area (Å²) < 4.78 is 18.4. The zero-order chi connectivity index (χ0) is 20.9. The Labute approximate surface area is 175 Å². The van der Waals surface area contributed by atoms with Gasteiger partial charge in [0.1, 0.15) is 11.8 Å². The average molecular weight is 400 g/mol. The number of allylic oxidation sites excluding steroid dienone is 2. The van der Waals surface area contributed by atoms with Gasteiger partial charge in [0.25, 0.3) is 0 Å². The molecule has 1 fully saturated rings. The molecule has 0 unspecified atom stereocenters. The van der Waals surface area contributed by atoms with Crippen LogP contribution in [0.4, 0.5) is 4.39 Å². The molecule has 0 atom stereocenters. The maximum absolute atomic E-state index is 12.8. The summed E-state index contributed by atoms with van der Waals surface area (Å²) in [5, 5.41) is 8.43. The number of unbranched alkanes of at least 4 members (excludes halogenated alkanes) is 4. The van der Waals surface area contributed by atoms with Gasteiger partial charge in [-0.2, -0.15) is 9.65 Å². The Kier molecular flexibility index (Phi) is 10.5. The third-order valence-electron chi connectivity index (χ3n) is 5.90. The van der Waals surface area contributed by atoms with Crippen LogP contribution in [0.5, 0.6) is 5.75 Å². The summed E-state index contributed by atoms with van der Waals surface area (Å²) >= 11 is 0. The molecule has 3 nitrogen and oxygen atoms in total. The summed E-state index contributed by atoms with van der Waals surface area (Å²) in [5.74, 6) is 0.245. The van der Waals surface area contributed by atoms with Crippen molar-refractivity contribution < 1.29 is 13.9 Å². The fourth-order valence-electron chi connectivity index (χ4n) is 4.03. The van der Waals surface area contributed by atoms with Crippen molar-refractivity contribution in [3.63, 3.8) is 0 Å². The fourth-order valence-corrected chi connectivity index (χ4v) is 4.03. The lowest BCUT2D eigenvalue weighted by Gasteiger charge is -2.26. The van der Waals surface area contributed by atoms with E-state index in [2.05, 4.69) is 19.1 Å². The molecule has 29 heavy (non-hydrogen) atoms. The van der Waals surface area contributed by atoms with Gasteiger partial charge in [-0.1, -0.05) is 44.7 Å². The Hall–Kier alpha value is -2.15. The van der Waals surface area contributed by atoms with Crippen molar-refractivity contribution in [2.75, 3.05) is 0 Å². The highest BCUT2D eigenvalue weighted by Crippen LogP contribution is 2.32. The van der Waals surface area contributed by atoms with Crippen LogP contribution in [0, 0.1) is 23.2 Å². The smallest absolute Gasteiger partial charge is 0.314 e. The van der Waals surface area contributed by atoms with Gasteiger partial charge in [-0.25, -0.2) is 0 Å². The Morgan fingerprint density at radius 2 is 1.83 bits per heavy atom. The molecular formula is C25H34FNO2. The first-order chi connectivity index (χ1) is 14.1. The van der Waals surface area contributed by atoms with E-state index in [1.54, 1.807) is 0 Å². The van der Waals surface area contributed by atoms with Crippen molar-refractivity contribution in [3.8, 4) is 11.8 Å². The number of nitrogens with zero attached hydrogens (tertiary/aromatic N) is 1. The quantitative estimate of drug-likeness (QED) is 0.173. The van der Waals surface area contributed by atoms with E-state index in [-0.39, 0.29) is 11.9 Å². The highest BCUT2D eigenvalue weighted by Gasteiger charge is 2.27. The monoisotopic (exact) mass is 399 g/mol. The van der Waals surface area contributed by atoms with Gasteiger partial charge in [0.05, 0.1) is 5.92 Å². The van der Waals surface area contributed by atoms with Gasteiger partial charge in [-0.05, 0) is 81.1 Å². The van der Waals surface area contributed by atoms with Crippen LogP contribution in [0.15, 0.2) is 36.2 Å². The minimum Gasteiger partial charge on any atom is -0.426 e. The Morgan fingerprint density at radius 1 is 1.14 bits per heavy atom. The van der Waals surface area contributed by atoms with Crippen LogP contribution in [0.2, 0.25) is 0 Å². The third kappa shape index (κ3) is 8.81. The summed E-state index contributed by atoms with van der Waals surface area (Å²) in [6.07, 6.45) is 13.8. The normalized spacial score (nSPS) is 19.6. The average Bonchev–Trinajstić information content (AvgIpc) is 2.75. The highest BCUT2D eigenvalue weighted by molar-refractivity contribution is 5.75. The summed E-state index contributed by atoms with van der Waals surface area (Å²) in [4.78, 5) is 12.5. The maximum atomic E-state index is 12.8. The molecule has 0 saturated heterocycles. The number of esters is 1. The second kappa shape index (κ2) is 13.1. The van der Waals surface area contributed by atoms with Crippen LogP contribution in [0.1, 0.15) is 83.1 Å². The summed E-state index contributed by atoms with van der Waals surface area (Å²) in [6, 6.07) is 9.43. The second-order valence-corrected chi connectivity index (χ2v) is 8.19. The minimum atomic E-state index is -0.704. The Morgan fingerprint density at radius 3 is 2.48 bits per heavy atom. The van der Waals surface area contributed by atoms with E-state index < -0.39 is 5.83 Å². The zero-order valence-electron chi connectivity index (χ0n) is 17.7. The third-order valence-corrected chi connectivity index (χ3v) is 5.90. The van der Waals surface area contributed by atoms with E-state index in [1.807, 2.05) is 12.1 Å². The molecule has 1 aliphatic rings. The molecule has 0 radical (unpaired) electrons. The first-order valence-corrected chi connectivity index (χ1v) is 11.2. The first-order valence-electron chi connectivity index (χ1n) is 11.2. The van der Waals surface area contributed by atoms with Gasteiger partial charge in [0.2, 0.25) is 0 Å². The van der Waals surface area contributed by atoms with Gasteiger partial charge in [-0.15, -0.1) is 0 Å². The second-order valence-electron chi connectivity index (χ2n) is 8.19. The maximum Gasteiger partial charge on any atom is 0.314 e. The molecule has 4 heteroatoms. The van der Waals surface area contributed by atoms with E-state index in [1.165, 1.54) is 49.8 Å². The van der Waals surface area contributed by atoms with Crippen molar-refractivity contribution in [1.29, 1.82) is 5.26 Å². The van der Waals surface area contributed by atoms with E-state index in [9.17, 15) is 9.18 Å². The molecule has 1 aliphatic carbocycles. The van der Waals surface area contributed by atoms with Crippen molar-refractivity contribution in [2.24, 2.45) is 11.8 Å². The SMILES string of the molecule is CCCCCCCc1ccc(OC(=O)[C@H]2CC[C@H](CCC=C(F)C#N)CC2)cc1. The fraction of sp³-hybridized carbons (Fsp3) is 0.600. The minimum absolute atomic E-state index is 0.0455. The number of carbonyl (C=O) groups is 1. The molecule has 0 amide bonds. The standard InChI is InChI=1S/C25H34FNO2/c1-2-3-4-5-6-8-20-13-17-24(18-14-20)29-25(28)22-15-11-21(12-16-22)9-7-10-23(26)19-27/h10,13-14,17-18,21-22H,2-9,11-12,15-16H2,1H3/t21-,22-. The number of nitriles is 1. The molecule has 1 aromatic rings. The molecule has 2 rings (SSSR count). The summed E-state index contributed by atoms with van der Waals surface area (Å²) in [5.41, 5.74) is 1.30. The number of hydrogen-bond donors (Lipinski definition) is 0. The number of carbonyl (C=O) groups excluding carboxylic acids is 1. The number of hydrogen-bond acceptors (Lipinski definition) is 3. The van der Waals surface area contributed by atoms with Crippen LogP contribution in [-0.2, 0) is 11.2 Å². The molecule has 0 aromatic heterocycles. The lowest BCUT2D eigenvalue weighted by Crippen LogP contribution is -2.25. The van der Waals surface area contributed by atoms with Crippen LogP contribution >= 0.6 is 0 Å². The number of aryl methyl sites for hydroxylation is 1. The topological polar surface area (TPSA) is 50.1 Å². The van der Waals surface area contributed by atoms with E-state index in [0.29, 0.717) is 18.1 Å². The van der Waals surface area contributed by atoms with E-state index in [0.717, 1.165) is 38.5 Å².